The number of unbranched alkanes of at least 4 members (excludes halogenated alkanes) is 42. The minimum atomic E-state index is -0.862. The van der Waals surface area contributed by atoms with Crippen LogP contribution >= 0.6 is 0 Å². The lowest BCUT2D eigenvalue weighted by Gasteiger charge is -2.20. The molecule has 2 atom stereocenters. The molecule has 0 aromatic heterocycles. The van der Waals surface area contributed by atoms with Crippen molar-refractivity contribution in [2.45, 2.75) is 347 Å². The van der Waals surface area contributed by atoms with Crippen LogP contribution in [0.5, 0.6) is 0 Å². The first-order chi connectivity index (χ1) is 36.5. The zero-order chi connectivity index (χ0) is 53.6. The highest BCUT2D eigenvalue weighted by Crippen LogP contribution is 2.17. The SMILES string of the molecule is CCCCCC/C=C\C/C=C\CCCCCCCCCC(=O)OCCCCC/C=C\C=C/CCCCCCCCC(=O)NC(CO)C(O)/C=C/CCCCCCCCCCCCCCCCCCCCCCCC. The van der Waals surface area contributed by atoms with Crippen molar-refractivity contribution >= 4 is 11.9 Å². The highest BCUT2D eigenvalue weighted by molar-refractivity contribution is 5.76. The first-order valence-corrected chi connectivity index (χ1v) is 32.6. The number of hydrogen-bond donors (Lipinski definition) is 3. The lowest BCUT2D eigenvalue weighted by atomic mass is 10.0. The van der Waals surface area contributed by atoms with Crippen molar-refractivity contribution in [3.8, 4) is 0 Å². The Bertz CT molecular complexity index is 1290. The van der Waals surface area contributed by atoms with Gasteiger partial charge in [-0.15, -0.1) is 0 Å². The predicted octanol–water partition coefficient (Wildman–Crippen LogP) is 20.7. The van der Waals surface area contributed by atoms with Crippen LogP contribution in [0.2, 0.25) is 0 Å². The molecule has 0 saturated carbocycles. The van der Waals surface area contributed by atoms with Crippen molar-refractivity contribution in [1.29, 1.82) is 0 Å². The van der Waals surface area contributed by atoms with E-state index in [1.54, 1.807) is 6.08 Å². The number of carbonyl (C=O) groups is 2. The molecule has 0 aromatic carbocycles. The van der Waals surface area contributed by atoms with Gasteiger partial charge in [0, 0.05) is 12.8 Å². The Labute approximate surface area is 460 Å². The van der Waals surface area contributed by atoms with E-state index in [0.29, 0.717) is 19.4 Å². The van der Waals surface area contributed by atoms with E-state index in [-0.39, 0.29) is 18.5 Å². The molecule has 0 heterocycles. The number of nitrogens with one attached hydrogen (secondary N) is 1. The highest BCUT2D eigenvalue weighted by atomic mass is 16.5. The third-order valence-corrected chi connectivity index (χ3v) is 14.8. The average molecular weight is 1040 g/mol. The summed E-state index contributed by atoms with van der Waals surface area (Å²) in [5, 5.41) is 23.2. The standard InChI is InChI=1S/C68H125NO5/c1-3-5-7-9-11-13-15-17-19-21-23-24-25-26-27-28-29-32-36-40-44-48-52-56-60-66(71)65(64-70)69-67(72)61-57-53-49-45-41-37-33-31-35-39-43-47-51-55-59-63-74-68(73)62-58-54-50-46-42-38-34-30-22-20-18-16-14-12-10-8-6-4-2/h14,16,20,22,31,35,39,43,56,60,65-66,70-71H,3-13,15,17-19,21,23-30,32-34,36-38,40-42,44-55,57-59,61-64H2,1-2H3,(H,69,72)/b16-14-,22-20-,35-31-,43-39-,60-56+. The maximum absolute atomic E-state index is 12.5. The van der Waals surface area contributed by atoms with E-state index in [1.807, 2.05) is 6.08 Å². The highest BCUT2D eigenvalue weighted by Gasteiger charge is 2.18. The largest absolute Gasteiger partial charge is 0.466 e. The number of carbonyl (C=O) groups excluding carboxylic acids is 2. The summed E-state index contributed by atoms with van der Waals surface area (Å²) in [4.78, 5) is 24.6. The molecule has 0 aliphatic heterocycles. The second-order valence-corrected chi connectivity index (χ2v) is 22.1. The molecule has 0 aliphatic rings. The fourth-order valence-corrected chi connectivity index (χ4v) is 9.77. The van der Waals surface area contributed by atoms with E-state index in [9.17, 15) is 19.8 Å². The smallest absolute Gasteiger partial charge is 0.305 e. The topological polar surface area (TPSA) is 95.9 Å². The maximum atomic E-state index is 12.5. The molecule has 2 unspecified atom stereocenters. The molecule has 3 N–H and O–H groups in total. The van der Waals surface area contributed by atoms with Crippen molar-refractivity contribution in [3.63, 3.8) is 0 Å². The van der Waals surface area contributed by atoms with Crippen LogP contribution in [0, 0.1) is 0 Å². The molecule has 74 heavy (non-hydrogen) atoms. The maximum Gasteiger partial charge on any atom is 0.305 e. The first kappa shape index (κ1) is 71.6. The van der Waals surface area contributed by atoms with E-state index in [2.05, 4.69) is 67.8 Å². The summed E-state index contributed by atoms with van der Waals surface area (Å²) in [5.41, 5.74) is 0. The van der Waals surface area contributed by atoms with Gasteiger partial charge in [-0.25, -0.2) is 0 Å². The second kappa shape index (κ2) is 63.1. The average Bonchev–Trinajstić information content (AvgIpc) is 3.40. The summed E-state index contributed by atoms with van der Waals surface area (Å²) in [5.74, 6) is -0.119. The number of aliphatic hydroxyl groups excluding tert-OH is 2. The minimum Gasteiger partial charge on any atom is -0.466 e. The van der Waals surface area contributed by atoms with Crippen molar-refractivity contribution in [3.05, 3.63) is 60.8 Å². The van der Waals surface area contributed by atoms with Crippen molar-refractivity contribution in [1.82, 2.24) is 5.32 Å². The van der Waals surface area contributed by atoms with Crippen LogP contribution in [0.15, 0.2) is 60.8 Å². The Hall–Kier alpha value is -2.44. The fourth-order valence-electron chi connectivity index (χ4n) is 9.77. The molecule has 6 heteroatoms. The first-order valence-electron chi connectivity index (χ1n) is 32.6. The number of ether oxygens (including phenoxy) is 1. The quantitative estimate of drug-likeness (QED) is 0.0244. The van der Waals surface area contributed by atoms with Gasteiger partial charge < -0.3 is 20.3 Å². The van der Waals surface area contributed by atoms with Gasteiger partial charge in [0.25, 0.3) is 0 Å². The van der Waals surface area contributed by atoms with E-state index in [1.165, 1.54) is 225 Å². The molecule has 432 valence electrons. The number of esters is 1. The number of aliphatic hydroxyl groups is 2. The van der Waals surface area contributed by atoms with Crippen molar-refractivity contribution in [2.75, 3.05) is 13.2 Å². The number of amides is 1. The molecule has 1 amide bonds. The zero-order valence-corrected chi connectivity index (χ0v) is 49.3. The Kier molecular flexibility index (Phi) is 61.0. The van der Waals surface area contributed by atoms with Gasteiger partial charge in [-0.3, -0.25) is 9.59 Å². The molecule has 0 rings (SSSR count). The molecule has 0 radical (unpaired) electrons. The molecule has 0 aromatic rings. The lowest BCUT2D eigenvalue weighted by molar-refractivity contribution is -0.143. The molecule has 0 saturated heterocycles. The lowest BCUT2D eigenvalue weighted by Crippen LogP contribution is -2.45. The summed E-state index contributed by atoms with van der Waals surface area (Å²) in [7, 11) is 0. The predicted molar refractivity (Wildman–Crippen MR) is 324 cm³/mol. The van der Waals surface area contributed by atoms with Crippen molar-refractivity contribution in [2.24, 2.45) is 0 Å². The van der Waals surface area contributed by atoms with Crippen LogP contribution in [0.1, 0.15) is 335 Å². The molecule has 0 bridgehead atoms. The molecule has 0 fully saturated rings. The van der Waals surface area contributed by atoms with Gasteiger partial charge in [0.2, 0.25) is 5.91 Å². The van der Waals surface area contributed by atoms with Crippen LogP contribution in [0.3, 0.4) is 0 Å². The molecular weight excluding hydrogens is 911 g/mol. The van der Waals surface area contributed by atoms with E-state index in [4.69, 9.17) is 4.74 Å². The van der Waals surface area contributed by atoms with Crippen LogP contribution in [0.25, 0.3) is 0 Å². The Morgan fingerprint density at radius 1 is 0.392 bits per heavy atom. The van der Waals surface area contributed by atoms with Crippen LogP contribution in [0.4, 0.5) is 0 Å². The Morgan fingerprint density at radius 3 is 1.12 bits per heavy atom. The fraction of sp³-hybridized carbons (Fsp3) is 0.824. The van der Waals surface area contributed by atoms with Gasteiger partial charge in [-0.05, 0) is 96.3 Å². The summed E-state index contributed by atoms with van der Waals surface area (Å²) in [6, 6.07) is -0.648. The summed E-state index contributed by atoms with van der Waals surface area (Å²) in [6.07, 6.45) is 82.7. The van der Waals surface area contributed by atoms with Crippen LogP contribution in [-0.2, 0) is 14.3 Å². The second-order valence-electron chi connectivity index (χ2n) is 22.1. The number of allylic oxidation sites excluding steroid dienone is 9. The Balaban J connectivity index is 3.54. The van der Waals surface area contributed by atoms with Gasteiger partial charge in [0.15, 0.2) is 0 Å². The van der Waals surface area contributed by atoms with Gasteiger partial charge in [0.1, 0.15) is 0 Å². The van der Waals surface area contributed by atoms with Gasteiger partial charge in [0.05, 0.1) is 25.4 Å². The van der Waals surface area contributed by atoms with E-state index >= 15 is 0 Å². The number of rotatable bonds is 60. The van der Waals surface area contributed by atoms with Crippen molar-refractivity contribution < 1.29 is 24.5 Å². The monoisotopic (exact) mass is 1040 g/mol. The minimum absolute atomic E-state index is 0.0302. The molecular formula is C68H125NO5. The summed E-state index contributed by atoms with van der Waals surface area (Å²) < 4.78 is 5.46. The van der Waals surface area contributed by atoms with Crippen LogP contribution in [-0.4, -0.2) is 47.4 Å². The third-order valence-electron chi connectivity index (χ3n) is 14.8. The molecule has 0 spiro atoms. The number of hydrogen-bond acceptors (Lipinski definition) is 5. The zero-order valence-electron chi connectivity index (χ0n) is 49.3. The summed E-state index contributed by atoms with van der Waals surface area (Å²) in [6.45, 7) is 4.84. The Morgan fingerprint density at radius 2 is 0.716 bits per heavy atom. The molecule has 0 aliphatic carbocycles. The molecule has 6 nitrogen and oxygen atoms in total. The van der Waals surface area contributed by atoms with Gasteiger partial charge in [-0.2, -0.15) is 0 Å². The normalized spacial score (nSPS) is 13.0. The third kappa shape index (κ3) is 58.8. The van der Waals surface area contributed by atoms with E-state index < -0.39 is 12.1 Å². The van der Waals surface area contributed by atoms with E-state index in [0.717, 1.165) is 83.5 Å². The summed E-state index contributed by atoms with van der Waals surface area (Å²) >= 11 is 0. The van der Waals surface area contributed by atoms with Gasteiger partial charge in [-0.1, -0.05) is 286 Å². The van der Waals surface area contributed by atoms with Crippen LogP contribution < -0.4 is 5.32 Å². The van der Waals surface area contributed by atoms with Gasteiger partial charge >= 0.3 is 5.97 Å².